The van der Waals surface area contributed by atoms with Crippen molar-refractivity contribution in [1.29, 1.82) is 0 Å². The average Bonchev–Trinajstić information content (AvgIpc) is 2.96. The molecule has 2 aliphatic rings. The Bertz CT molecular complexity index is 1980. The molecule has 0 spiro atoms. The fourth-order valence-electron chi connectivity index (χ4n) is 5.43. The maximum Gasteiger partial charge on any atom is 0.355 e. The van der Waals surface area contributed by atoms with Crippen LogP contribution in [0.1, 0.15) is 6.92 Å². The zero-order valence-corrected chi connectivity index (χ0v) is 24.3. The molecule has 2 N–H and O–H groups in total. The first kappa shape index (κ1) is 29.3. The second-order valence-corrected chi connectivity index (χ2v) is 12.7. The highest BCUT2D eigenvalue weighted by Gasteiger charge is 2.38. The third-order valence-corrected chi connectivity index (χ3v) is 9.78. The number of benzene rings is 1. The van der Waals surface area contributed by atoms with Gasteiger partial charge in [-0.15, -0.1) is 0 Å². The Labute approximate surface area is 250 Å². The molecule has 228 valence electrons. The van der Waals surface area contributed by atoms with Crippen molar-refractivity contribution >= 4 is 38.3 Å². The van der Waals surface area contributed by atoms with Crippen molar-refractivity contribution in [1.82, 2.24) is 24.4 Å². The molecule has 1 aromatic carbocycles. The Balaban J connectivity index is 1.63. The maximum atomic E-state index is 15.9. The largest absolute Gasteiger partial charge is 0.398 e. The van der Waals surface area contributed by atoms with Gasteiger partial charge in [-0.1, -0.05) is 12.6 Å². The summed E-state index contributed by atoms with van der Waals surface area (Å²) in [5.74, 6) is -1.97. The molecule has 0 radical (unpaired) electrons. The number of carbonyl (C=O) groups is 1. The van der Waals surface area contributed by atoms with Gasteiger partial charge in [-0.25, -0.2) is 36.5 Å². The molecule has 15 heteroatoms. The molecular weight excluding hydrogens is 596 g/mol. The van der Waals surface area contributed by atoms with Crippen molar-refractivity contribution in [2.75, 3.05) is 43.5 Å². The summed E-state index contributed by atoms with van der Waals surface area (Å²) < 4.78 is 63.9. The normalized spacial score (nSPS) is 17.5. The SMILES string of the molecule is C=CC(=O)N1CCN(c2nc(=O)n(-c3cccnc3S(=O)(=O)C3COC3)c3nc(-c4c(N)cccc4F)c(F)cc23)[C@@H](C)C1. The van der Waals surface area contributed by atoms with Gasteiger partial charge in [0.2, 0.25) is 15.7 Å². The van der Waals surface area contributed by atoms with Crippen molar-refractivity contribution < 1.29 is 26.7 Å². The summed E-state index contributed by atoms with van der Waals surface area (Å²) >= 11 is 0. The van der Waals surface area contributed by atoms with Gasteiger partial charge in [0.1, 0.15) is 22.6 Å². The number of nitrogen functional groups attached to an aromatic ring is 1. The van der Waals surface area contributed by atoms with Gasteiger partial charge in [-0.05, 0) is 43.3 Å². The smallest absolute Gasteiger partial charge is 0.355 e. The number of carbonyl (C=O) groups excluding carboxylic acids is 1. The number of halogens is 2. The number of piperazine rings is 1. The molecule has 2 aliphatic heterocycles. The zero-order chi connectivity index (χ0) is 31.3. The fourth-order valence-corrected chi connectivity index (χ4v) is 6.96. The van der Waals surface area contributed by atoms with Crippen LogP contribution in [0.25, 0.3) is 28.0 Å². The van der Waals surface area contributed by atoms with E-state index in [9.17, 15) is 18.0 Å². The first-order valence-corrected chi connectivity index (χ1v) is 15.2. The van der Waals surface area contributed by atoms with Gasteiger partial charge in [0.15, 0.2) is 16.5 Å². The third kappa shape index (κ3) is 4.77. The minimum atomic E-state index is -4.07. The number of nitrogens with two attached hydrogens (primary N) is 1. The lowest BCUT2D eigenvalue weighted by molar-refractivity contribution is -0.126. The van der Waals surface area contributed by atoms with Crippen LogP contribution in [0.15, 0.2) is 65.1 Å². The standard InChI is InChI=1S/C29H27F2N7O5S/c1-3-23(39)36-10-11-37(16(2)13-36)26-18-12-20(31)25(24-19(30)6-4-7-21(24)32)34-27(18)38(29(40)35-26)22-8-5-9-33-28(22)44(41,42)17-14-43-15-17/h3-9,12,16-17H,1,10-11,13-15,32H2,2H3/t16-/m0/s1. The Hall–Kier alpha value is -4.76. The summed E-state index contributed by atoms with van der Waals surface area (Å²) in [7, 11) is -4.07. The molecular formula is C29H27F2N7O5S. The Kier molecular flexibility index (Phi) is 7.37. The zero-order valence-electron chi connectivity index (χ0n) is 23.5. The highest BCUT2D eigenvalue weighted by molar-refractivity contribution is 7.92. The number of nitrogens with zero attached hydrogens (tertiary/aromatic N) is 6. The van der Waals surface area contributed by atoms with Crippen LogP contribution in [0, 0.1) is 11.6 Å². The first-order chi connectivity index (χ1) is 21.0. The van der Waals surface area contributed by atoms with Crippen LogP contribution in [0.3, 0.4) is 0 Å². The van der Waals surface area contributed by atoms with Gasteiger partial charge in [0.25, 0.3) is 0 Å². The topological polar surface area (TPSA) is 154 Å². The van der Waals surface area contributed by atoms with E-state index >= 15 is 8.78 Å². The van der Waals surface area contributed by atoms with E-state index in [1.54, 1.807) is 9.80 Å². The molecule has 5 heterocycles. The molecule has 1 atom stereocenters. The molecule has 2 fully saturated rings. The van der Waals surface area contributed by atoms with E-state index in [2.05, 4.69) is 21.5 Å². The van der Waals surface area contributed by atoms with Gasteiger partial charge in [0.05, 0.1) is 29.9 Å². The van der Waals surface area contributed by atoms with Crippen molar-refractivity contribution in [3.05, 3.63) is 77.4 Å². The van der Waals surface area contributed by atoms with Crippen LogP contribution >= 0.6 is 0 Å². The highest BCUT2D eigenvalue weighted by Crippen LogP contribution is 2.35. The number of sulfone groups is 1. The van der Waals surface area contributed by atoms with E-state index in [0.29, 0.717) is 0 Å². The first-order valence-electron chi connectivity index (χ1n) is 13.7. The monoisotopic (exact) mass is 623 g/mol. The Morgan fingerprint density at radius 2 is 1.91 bits per heavy atom. The fraction of sp³-hybridized carbons (Fsp3) is 0.276. The van der Waals surface area contributed by atoms with E-state index in [-0.39, 0.29) is 78.6 Å². The van der Waals surface area contributed by atoms with Gasteiger partial charge in [-0.3, -0.25) is 4.79 Å². The van der Waals surface area contributed by atoms with Crippen molar-refractivity contribution in [2.24, 2.45) is 0 Å². The predicted molar refractivity (Wildman–Crippen MR) is 158 cm³/mol. The van der Waals surface area contributed by atoms with Crippen LogP contribution in [0.2, 0.25) is 0 Å². The lowest BCUT2D eigenvalue weighted by Crippen LogP contribution is -2.54. The molecule has 0 saturated carbocycles. The number of ether oxygens (including phenoxy) is 1. The number of amides is 1. The molecule has 2 saturated heterocycles. The summed E-state index contributed by atoms with van der Waals surface area (Å²) in [6.07, 6.45) is 2.48. The summed E-state index contributed by atoms with van der Waals surface area (Å²) in [6.45, 7) is 6.05. The number of hydrogen-bond donors (Lipinski definition) is 1. The highest BCUT2D eigenvalue weighted by atomic mass is 32.2. The number of rotatable bonds is 6. The number of fused-ring (bicyclic) bond motifs is 1. The van der Waals surface area contributed by atoms with E-state index in [4.69, 9.17) is 10.5 Å². The van der Waals surface area contributed by atoms with Gasteiger partial charge < -0.3 is 20.3 Å². The lowest BCUT2D eigenvalue weighted by atomic mass is 10.1. The number of pyridine rings is 2. The minimum Gasteiger partial charge on any atom is -0.398 e. The van der Waals surface area contributed by atoms with E-state index < -0.39 is 43.1 Å². The van der Waals surface area contributed by atoms with Crippen LogP contribution in [0.4, 0.5) is 20.3 Å². The number of hydrogen-bond acceptors (Lipinski definition) is 10. The molecule has 0 bridgehead atoms. The van der Waals surface area contributed by atoms with Gasteiger partial charge in [0, 0.05) is 37.6 Å². The Morgan fingerprint density at radius 3 is 2.57 bits per heavy atom. The van der Waals surface area contributed by atoms with Gasteiger partial charge in [-0.2, -0.15) is 4.98 Å². The summed E-state index contributed by atoms with van der Waals surface area (Å²) in [6, 6.07) is 7.35. The average molecular weight is 624 g/mol. The second-order valence-electron chi connectivity index (χ2n) is 10.5. The minimum absolute atomic E-state index is 0.0381. The third-order valence-electron chi connectivity index (χ3n) is 7.78. The van der Waals surface area contributed by atoms with Crippen LogP contribution in [0.5, 0.6) is 0 Å². The van der Waals surface area contributed by atoms with Crippen molar-refractivity contribution in [3.63, 3.8) is 0 Å². The van der Waals surface area contributed by atoms with Gasteiger partial charge >= 0.3 is 5.69 Å². The van der Waals surface area contributed by atoms with E-state index in [1.165, 1.54) is 36.5 Å². The quantitative estimate of drug-likeness (QED) is 0.250. The molecule has 3 aromatic heterocycles. The summed E-state index contributed by atoms with van der Waals surface area (Å²) in [5, 5.41) is -1.23. The van der Waals surface area contributed by atoms with E-state index in [0.717, 1.165) is 16.7 Å². The maximum absolute atomic E-state index is 15.9. The molecule has 12 nitrogen and oxygen atoms in total. The number of anilines is 2. The van der Waals surface area contributed by atoms with E-state index in [1.807, 2.05) is 6.92 Å². The van der Waals surface area contributed by atoms with Crippen molar-refractivity contribution in [3.8, 4) is 16.9 Å². The molecule has 4 aromatic rings. The van der Waals surface area contributed by atoms with Crippen LogP contribution < -0.4 is 16.3 Å². The van der Waals surface area contributed by atoms with Crippen LogP contribution in [-0.2, 0) is 19.4 Å². The molecule has 0 unspecified atom stereocenters. The lowest BCUT2D eigenvalue weighted by Gasteiger charge is -2.40. The van der Waals surface area contributed by atoms with Crippen LogP contribution in [-0.4, -0.2) is 82.9 Å². The van der Waals surface area contributed by atoms with Crippen molar-refractivity contribution in [2.45, 2.75) is 23.2 Å². The molecule has 44 heavy (non-hydrogen) atoms. The molecule has 6 rings (SSSR count). The Morgan fingerprint density at radius 1 is 1.14 bits per heavy atom. The molecule has 0 aliphatic carbocycles. The summed E-state index contributed by atoms with van der Waals surface area (Å²) in [5.41, 5.74) is 3.86. The second kappa shape index (κ2) is 11.1. The molecule has 1 amide bonds. The predicted octanol–water partition coefficient (Wildman–Crippen LogP) is 2.10. The number of aromatic nitrogens is 4. The summed E-state index contributed by atoms with van der Waals surface area (Å²) in [4.78, 5) is 42.3.